The van der Waals surface area contributed by atoms with Crippen LogP contribution in [0.5, 0.6) is 5.75 Å². The molecule has 1 unspecified atom stereocenters. The summed E-state index contributed by atoms with van der Waals surface area (Å²) in [5, 5.41) is 12.6. The third-order valence-electron chi connectivity index (χ3n) is 2.85. The number of nitrogens with one attached hydrogen (secondary N) is 1. The third kappa shape index (κ3) is 1.42. The fourth-order valence-electron chi connectivity index (χ4n) is 1.91. The highest BCUT2D eigenvalue weighted by molar-refractivity contribution is 5.76. The number of fused-ring (bicyclic) bond motifs is 1. The van der Waals surface area contributed by atoms with Gasteiger partial charge in [-0.2, -0.15) is 0 Å². The van der Waals surface area contributed by atoms with Crippen LogP contribution in [0.2, 0.25) is 0 Å². The van der Waals surface area contributed by atoms with E-state index in [0.717, 1.165) is 6.42 Å². The van der Waals surface area contributed by atoms with Gasteiger partial charge in [0.05, 0.1) is 0 Å². The first-order valence-corrected chi connectivity index (χ1v) is 4.92. The number of hydrogen-bond donors (Lipinski definition) is 2. The molecule has 1 aromatic rings. The van der Waals surface area contributed by atoms with E-state index < -0.39 is 0 Å². The van der Waals surface area contributed by atoms with Crippen molar-refractivity contribution in [3.05, 3.63) is 35.4 Å². The Balaban J connectivity index is 2.40. The van der Waals surface area contributed by atoms with E-state index >= 15 is 0 Å². The molecular weight excluding hydrogens is 174 g/mol. The van der Waals surface area contributed by atoms with Gasteiger partial charge in [-0.05, 0) is 49.2 Å². The van der Waals surface area contributed by atoms with Crippen LogP contribution in [0.3, 0.4) is 0 Å². The molecule has 14 heavy (non-hydrogen) atoms. The zero-order valence-corrected chi connectivity index (χ0v) is 8.54. The van der Waals surface area contributed by atoms with E-state index in [1.165, 1.54) is 16.7 Å². The molecule has 2 heteroatoms. The van der Waals surface area contributed by atoms with Gasteiger partial charge in [0.15, 0.2) is 0 Å². The highest BCUT2D eigenvalue weighted by Crippen LogP contribution is 2.32. The largest absolute Gasteiger partial charge is 0.508 e. The molecule has 74 valence electrons. The second-order valence-corrected chi connectivity index (χ2v) is 3.72. The molecule has 2 rings (SSSR count). The van der Waals surface area contributed by atoms with Gasteiger partial charge in [-0.1, -0.05) is 12.1 Å². The quantitative estimate of drug-likeness (QED) is 0.745. The van der Waals surface area contributed by atoms with Crippen molar-refractivity contribution in [2.45, 2.75) is 19.4 Å². The molecule has 0 heterocycles. The Bertz CT molecular complexity index is 382. The monoisotopic (exact) mass is 189 g/mol. The second-order valence-electron chi connectivity index (χ2n) is 3.72. The smallest absolute Gasteiger partial charge is 0.116 e. The highest BCUT2D eigenvalue weighted by Gasteiger charge is 2.18. The molecule has 0 aliphatic heterocycles. The molecule has 2 N–H and O–H groups in total. The Hall–Kier alpha value is -1.28. The predicted octanol–water partition coefficient (Wildman–Crippen LogP) is 1.94. The van der Waals surface area contributed by atoms with Crippen LogP contribution in [0.25, 0.3) is 5.57 Å². The summed E-state index contributed by atoms with van der Waals surface area (Å²) in [6, 6.07) is 5.94. The van der Waals surface area contributed by atoms with E-state index in [2.05, 4.69) is 18.3 Å². The standard InChI is InChI=1S/C12H15NO/c1-8(13-2)11-6-4-9-3-5-10(14)7-12(9)11/h3,5-8,13-14H,4H2,1-2H3. The van der Waals surface area contributed by atoms with Crippen molar-refractivity contribution in [2.75, 3.05) is 7.05 Å². The van der Waals surface area contributed by atoms with E-state index in [9.17, 15) is 5.11 Å². The summed E-state index contributed by atoms with van der Waals surface area (Å²) in [7, 11) is 1.95. The predicted molar refractivity (Wildman–Crippen MR) is 58.3 cm³/mol. The summed E-state index contributed by atoms with van der Waals surface area (Å²) in [5.41, 5.74) is 3.78. The first-order chi connectivity index (χ1) is 6.72. The van der Waals surface area contributed by atoms with Crippen molar-refractivity contribution in [2.24, 2.45) is 0 Å². The third-order valence-corrected chi connectivity index (χ3v) is 2.85. The zero-order valence-electron chi connectivity index (χ0n) is 8.54. The summed E-state index contributed by atoms with van der Waals surface area (Å²) in [5.74, 6) is 0.347. The van der Waals surface area contributed by atoms with Crippen LogP contribution in [-0.4, -0.2) is 18.2 Å². The molecule has 2 nitrogen and oxygen atoms in total. The lowest BCUT2D eigenvalue weighted by Gasteiger charge is -2.13. The Morgan fingerprint density at radius 3 is 2.93 bits per heavy atom. The Labute approximate surface area is 84.3 Å². The zero-order chi connectivity index (χ0) is 10.1. The van der Waals surface area contributed by atoms with E-state index in [4.69, 9.17) is 0 Å². The number of phenols is 1. The fraction of sp³-hybridized carbons (Fsp3) is 0.333. The molecule has 0 fully saturated rings. The summed E-state index contributed by atoms with van der Waals surface area (Å²) in [4.78, 5) is 0. The van der Waals surface area contributed by atoms with Crippen LogP contribution in [0.1, 0.15) is 18.1 Å². The normalized spacial score (nSPS) is 16.3. The summed E-state index contributed by atoms with van der Waals surface area (Å²) < 4.78 is 0. The summed E-state index contributed by atoms with van der Waals surface area (Å²) in [6.45, 7) is 2.13. The molecule has 0 amide bonds. The van der Waals surface area contributed by atoms with Crippen LogP contribution >= 0.6 is 0 Å². The number of likely N-dealkylation sites (N-methyl/N-ethyl adjacent to an activating group) is 1. The summed E-state index contributed by atoms with van der Waals surface area (Å²) >= 11 is 0. The molecule has 0 saturated carbocycles. The number of phenolic OH excluding ortho intramolecular Hbond substituents is 1. The van der Waals surface area contributed by atoms with Gasteiger partial charge in [-0.3, -0.25) is 0 Å². The fourth-order valence-corrected chi connectivity index (χ4v) is 1.91. The lowest BCUT2D eigenvalue weighted by atomic mass is 10.0. The average molecular weight is 189 g/mol. The lowest BCUT2D eigenvalue weighted by molar-refractivity contribution is 0.475. The van der Waals surface area contributed by atoms with Gasteiger partial charge in [0, 0.05) is 6.04 Å². The van der Waals surface area contributed by atoms with Gasteiger partial charge >= 0.3 is 0 Å². The van der Waals surface area contributed by atoms with Crippen molar-refractivity contribution in [3.63, 3.8) is 0 Å². The van der Waals surface area contributed by atoms with Crippen LogP contribution in [0, 0.1) is 0 Å². The van der Waals surface area contributed by atoms with Crippen molar-refractivity contribution < 1.29 is 5.11 Å². The maximum absolute atomic E-state index is 9.42. The van der Waals surface area contributed by atoms with Crippen LogP contribution in [0.15, 0.2) is 24.3 Å². The number of benzene rings is 1. The van der Waals surface area contributed by atoms with Crippen LogP contribution < -0.4 is 5.32 Å². The second kappa shape index (κ2) is 3.46. The van der Waals surface area contributed by atoms with Crippen molar-refractivity contribution in [1.82, 2.24) is 5.32 Å². The van der Waals surface area contributed by atoms with Gasteiger partial charge in [0.25, 0.3) is 0 Å². The van der Waals surface area contributed by atoms with E-state index in [-0.39, 0.29) is 0 Å². The topological polar surface area (TPSA) is 32.3 Å². The number of hydrogen-bond acceptors (Lipinski definition) is 2. The molecule has 0 bridgehead atoms. The Kier molecular flexibility index (Phi) is 2.30. The SMILES string of the molecule is CNC(C)C1=CCc2ccc(O)cc21. The molecule has 1 aromatic carbocycles. The molecule has 0 spiro atoms. The summed E-state index contributed by atoms with van der Waals surface area (Å²) in [6.07, 6.45) is 3.21. The van der Waals surface area contributed by atoms with Gasteiger partial charge in [-0.15, -0.1) is 0 Å². The van der Waals surface area contributed by atoms with Crippen molar-refractivity contribution in [3.8, 4) is 5.75 Å². The number of allylic oxidation sites excluding steroid dienone is 1. The van der Waals surface area contributed by atoms with Crippen molar-refractivity contribution >= 4 is 5.57 Å². The number of rotatable bonds is 2. The maximum atomic E-state index is 9.42. The first-order valence-electron chi connectivity index (χ1n) is 4.92. The minimum atomic E-state index is 0.345. The van der Waals surface area contributed by atoms with Gasteiger partial charge < -0.3 is 10.4 Å². The highest BCUT2D eigenvalue weighted by atomic mass is 16.3. The molecule has 0 saturated heterocycles. The molecule has 0 radical (unpaired) electrons. The van der Waals surface area contributed by atoms with E-state index in [1.807, 2.05) is 19.2 Å². The molecule has 1 aliphatic rings. The van der Waals surface area contributed by atoms with E-state index in [1.54, 1.807) is 6.07 Å². The first kappa shape index (κ1) is 9.28. The van der Waals surface area contributed by atoms with Crippen LogP contribution in [0.4, 0.5) is 0 Å². The molecule has 1 aliphatic carbocycles. The van der Waals surface area contributed by atoms with Gasteiger partial charge in [0.1, 0.15) is 5.75 Å². The molecular formula is C12H15NO. The molecule has 1 atom stereocenters. The van der Waals surface area contributed by atoms with Crippen molar-refractivity contribution in [1.29, 1.82) is 0 Å². The van der Waals surface area contributed by atoms with Crippen LogP contribution in [-0.2, 0) is 6.42 Å². The average Bonchev–Trinajstić information content (AvgIpc) is 2.59. The Morgan fingerprint density at radius 2 is 2.21 bits per heavy atom. The van der Waals surface area contributed by atoms with Gasteiger partial charge in [0.2, 0.25) is 0 Å². The van der Waals surface area contributed by atoms with Gasteiger partial charge in [-0.25, -0.2) is 0 Å². The minimum Gasteiger partial charge on any atom is -0.508 e. The lowest BCUT2D eigenvalue weighted by Crippen LogP contribution is -2.22. The molecule has 0 aromatic heterocycles. The Morgan fingerprint density at radius 1 is 1.43 bits per heavy atom. The maximum Gasteiger partial charge on any atom is 0.116 e. The number of aromatic hydroxyl groups is 1. The van der Waals surface area contributed by atoms with E-state index in [0.29, 0.717) is 11.8 Å². The minimum absolute atomic E-state index is 0.345.